The molecular weight excluding hydrogens is 374 g/mol. The number of rotatable bonds is 0. The van der Waals surface area contributed by atoms with Gasteiger partial charge in [-0.15, -0.1) is 0 Å². The van der Waals surface area contributed by atoms with Crippen molar-refractivity contribution in [1.29, 1.82) is 0 Å². The molecular formula is H10AlLaO10Ti. The van der Waals surface area contributed by atoms with Gasteiger partial charge in [-0.1, -0.05) is 0 Å². The molecule has 0 aliphatic carbocycles. The van der Waals surface area contributed by atoms with Gasteiger partial charge in [-0.3, -0.25) is 0 Å². The molecule has 0 saturated heterocycles. The van der Waals surface area contributed by atoms with Crippen molar-refractivity contribution in [2.75, 3.05) is 0 Å². The third-order valence-electron chi connectivity index (χ3n) is 0. The van der Waals surface area contributed by atoms with Crippen LogP contribution in [-0.2, 0) is 21.7 Å². The van der Waals surface area contributed by atoms with E-state index in [1.165, 1.54) is 0 Å². The molecule has 0 unspecified atom stereocenters. The fourth-order valence-corrected chi connectivity index (χ4v) is 0. The minimum Gasteiger partial charge on any atom is -0.870 e. The second-order valence-corrected chi connectivity index (χ2v) is 0. The Kier molecular flexibility index (Phi) is 31400. The minimum absolute atomic E-state index is 0. The van der Waals surface area contributed by atoms with E-state index in [9.17, 15) is 0 Å². The van der Waals surface area contributed by atoms with Crippen molar-refractivity contribution in [3.63, 3.8) is 0 Å². The van der Waals surface area contributed by atoms with Crippen LogP contribution >= 0.6 is 0 Å². The Hall–Kier alpha value is 2.04. The Morgan fingerprint density at radius 1 is 0.308 bits per heavy atom. The van der Waals surface area contributed by atoms with Gasteiger partial charge < -0.3 is 54.8 Å². The fraction of sp³-hybridized carbons (Fsp3) is 0. The Morgan fingerprint density at radius 3 is 0.308 bits per heavy atom. The van der Waals surface area contributed by atoms with Crippen LogP contribution in [0.5, 0.6) is 0 Å². The smallest absolute Gasteiger partial charge is 0.870 e. The Labute approximate surface area is 128 Å². The van der Waals surface area contributed by atoms with Crippen LogP contribution in [0, 0.1) is 35.6 Å². The van der Waals surface area contributed by atoms with Gasteiger partial charge in [0.2, 0.25) is 0 Å². The Morgan fingerprint density at radius 2 is 0.308 bits per heavy atom. The standard InChI is InChI=1S/Al.La.10H2O.Ti/h;;10*1H2;/q2*+3;;;;;;;;;;;+4/p-10. The Bertz CT molecular complexity index is 14.9. The van der Waals surface area contributed by atoms with Gasteiger partial charge in [-0.05, 0) is 0 Å². The second kappa shape index (κ2) is 573. The summed E-state index contributed by atoms with van der Waals surface area (Å²) in [6.45, 7) is 0. The monoisotopic (exact) mass is 384 g/mol. The van der Waals surface area contributed by atoms with Gasteiger partial charge >= 0.3 is 74.7 Å². The van der Waals surface area contributed by atoms with Gasteiger partial charge in [-0.25, -0.2) is 0 Å². The van der Waals surface area contributed by atoms with E-state index in [-0.39, 0.29) is 129 Å². The van der Waals surface area contributed by atoms with E-state index in [0.29, 0.717) is 0 Å². The number of hydrogen-bond acceptors (Lipinski definition) is 10. The summed E-state index contributed by atoms with van der Waals surface area (Å²) in [5, 5.41) is 0. The van der Waals surface area contributed by atoms with Gasteiger partial charge in [0.05, 0.1) is 0 Å². The van der Waals surface area contributed by atoms with Crippen molar-refractivity contribution in [1.82, 2.24) is 0 Å². The third kappa shape index (κ3) is 488. The van der Waals surface area contributed by atoms with Crippen LogP contribution < -0.4 is 0 Å². The average Bonchev–Trinajstić information content (AvgIpc) is 0. The molecule has 0 aromatic rings. The van der Waals surface area contributed by atoms with Crippen molar-refractivity contribution in [3.8, 4) is 0 Å². The molecule has 10 nitrogen and oxygen atoms in total. The minimum atomic E-state index is 0. The molecule has 10 N–H and O–H groups in total. The molecule has 13 heteroatoms. The van der Waals surface area contributed by atoms with Crippen LogP contribution in [0.3, 0.4) is 0 Å². The van der Waals surface area contributed by atoms with Crippen LogP contribution in [0.25, 0.3) is 0 Å². The molecule has 80 valence electrons. The summed E-state index contributed by atoms with van der Waals surface area (Å²) in [4.78, 5) is 0. The Balaban J connectivity index is 0. The molecule has 0 saturated carbocycles. The topological polar surface area (TPSA) is 300 Å². The molecule has 13 heavy (non-hydrogen) atoms. The third-order valence-corrected chi connectivity index (χ3v) is 0. The molecule has 0 rings (SSSR count). The summed E-state index contributed by atoms with van der Waals surface area (Å²) in [7, 11) is 0. The predicted molar refractivity (Wildman–Crippen MR) is 25.1 cm³/mol. The zero-order valence-corrected chi connectivity index (χ0v) is 12.5. The van der Waals surface area contributed by atoms with Crippen LogP contribution in [0.2, 0.25) is 0 Å². The normalized spacial score (nSPS) is 0. The fourth-order valence-electron chi connectivity index (χ4n) is 0. The molecule has 0 bridgehead atoms. The maximum absolute atomic E-state index is 0. The molecule has 0 aliphatic heterocycles. The summed E-state index contributed by atoms with van der Waals surface area (Å²) in [6.07, 6.45) is 0. The van der Waals surface area contributed by atoms with Gasteiger partial charge in [0, 0.05) is 0 Å². The zero-order valence-electron chi connectivity index (χ0n) is 6.13. The quantitative estimate of drug-likeness (QED) is 0.407. The maximum atomic E-state index is 0. The molecule has 0 aromatic carbocycles. The number of hydrogen-bond donors (Lipinski definition) is 0. The van der Waals surface area contributed by atoms with Crippen LogP contribution in [0.4, 0.5) is 0 Å². The zero-order chi connectivity index (χ0) is 0. The first-order valence-corrected chi connectivity index (χ1v) is 0. The van der Waals surface area contributed by atoms with Gasteiger partial charge in [0.1, 0.15) is 0 Å². The summed E-state index contributed by atoms with van der Waals surface area (Å²) in [5.41, 5.74) is 0. The van der Waals surface area contributed by atoms with Crippen LogP contribution in [0.15, 0.2) is 0 Å². The van der Waals surface area contributed by atoms with Crippen molar-refractivity contribution in [2.45, 2.75) is 0 Å². The SMILES string of the molecule is [Al+3].[La+3].[OH-].[OH-].[OH-].[OH-].[OH-].[OH-].[OH-].[OH-].[OH-].[OH-].[Ti+4]. The van der Waals surface area contributed by atoms with Crippen LogP contribution in [-0.4, -0.2) is 72.1 Å². The first-order chi connectivity index (χ1) is 0. The van der Waals surface area contributed by atoms with Crippen molar-refractivity contribution < 1.29 is 112 Å². The largest absolute Gasteiger partial charge is 4.00 e. The van der Waals surface area contributed by atoms with Gasteiger partial charge in [0.25, 0.3) is 0 Å². The van der Waals surface area contributed by atoms with E-state index < -0.39 is 0 Å². The molecule has 0 spiro atoms. The second-order valence-electron chi connectivity index (χ2n) is 0. The maximum Gasteiger partial charge on any atom is 4.00 e. The van der Waals surface area contributed by atoms with Crippen molar-refractivity contribution >= 4 is 17.4 Å². The summed E-state index contributed by atoms with van der Waals surface area (Å²) in [5.74, 6) is 0. The van der Waals surface area contributed by atoms with Crippen molar-refractivity contribution in [3.05, 3.63) is 0 Å². The first-order valence-electron chi connectivity index (χ1n) is 0. The summed E-state index contributed by atoms with van der Waals surface area (Å²) in [6, 6.07) is 0. The molecule has 0 radical (unpaired) electrons. The van der Waals surface area contributed by atoms with E-state index in [1.807, 2.05) is 0 Å². The van der Waals surface area contributed by atoms with Gasteiger partial charge in [-0.2, -0.15) is 0 Å². The average molecular weight is 384 g/mol. The van der Waals surface area contributed by atoms with Crippen LogP contribution in [0.1, 0.15) is 0 Å². The van der Waals surface area contributed by atoms with E-state index >= 15 is 0 Å². The predicted octanol–water partition coefficient (Wildman–Crippen LogP) is -2.15. The molecule has 0 atom stereocenters. The van der Waals surface area contributed by atoms with E-state index in [1.54, 1.807) is 0 Å². The van der Waals surface area contributed by atoms with Gasteiger partial charge in [0.15, 0.2) is 0 Å². The summed E-state index contributed by atoms with van der Waals surface area (Å²) < 4.78 is 0. The van der Waals surface area contributed by atoms with Crippen molar-refractivity contribution in [2.24, 2.45) is 0 Å². The van der Waals surface area contributed by atoms with E-state index in [0.717, 1.165) is 0 Å². The molecule has 0 aromatic heterocycles. The summed E-state index contributed by atoms with van der Waals surface area (Å²) >= 11 is 0. The molecule has 0 heterocycles. The molecule has 0 aliphatic rings. The molecule has 0 amide bonds. The molecule has 0 fully saturated rings. The van der Waals surface area contributed by atoms with E-state index in [2.05, 4.69) is 0 Å². The van der Waals surface area contributed by atoms with E-state index in [4.69, 9.17) is 0 Å². The first kappa shape index (κ1) is 712.